The van der Waals surface area contributed by atoms with Crippen LogP contribution < -0.4 is 9.64 Å². The predicted molar refractivity (Wildman–Crippen MR) is 183 cm³/mol. The molecule has 1 fully saturated rings. The minimum absolute atomic E-state index is 0.123. The Bertz CT molecular complexity index is 1660. The first kappa shape index (κ1) is 31.6. The highest BCUT2D eigenvalue weighted by Gasteiger charge is 2.29. The average molecular weight is 647 g/mol. The number of nitrogens with zero attached hydrogens (tertiary/aromatic N) is 4. The minimum Gasteiger partial charge on any atom is -0.478 e. The van der Waals surface area contributed by atoms with Crippen molar-refractivity contribution in [3.8, 4) is 11.5 Å². The third-order valence-electron chi connectivity index (χ3n) is 9.01. The number of carboxylic acid groups (broad SMARTS) is 1. The lowest BCUT2D eigenvalue weighted by Crippen LogP contribution is -2.47. The van der Waals surface area contributed by atoms with E-state index >= 15 is 0 Å². The second-order valence-corrected chi connectivity index (χ2v) is 19.4. The summed E-state index contributed by atoms with van der Waals surface area (Å²) in [5.41, 5.74) is 4.57. The number of carbonyl (C=O) groups is 1. The van der Waals surface area contributed by atoms with E-state index in [2.05, 4.69) is 46.6 Å². The van der Waals surface area contributed by atoms with Crippen LogP contribution in [-0.2, 0) is 17.9 Å². The van der Waals surface area contributed by atoms with Gasteiger partial charge in [-0.3, -0.25) is 4.90 Å². The van der Waals surface area contributed by atoms with Gasteiger partial charge in [0, 0.05) is 75.3 Å². The summed E-state index contributed by atoms with van der Waals surface area (Å²) >= 11 is 6.61. The normalized spacial score (nSPS) is 17.7. The van der Waals surface area contributed by atoms with Gasteiger partial charge in [0.05, 0.1) is 6.20 Å². The lowest BCUT2D eigenvalue weighted by molar-refractivity contribution is 0.0694. The Kier molecular flexibility index (Phi) is 9.51. The molecule has 10 heteroatoms. The molecule has 1 aliphatic carbocycles. The zero-order chi connectivity index (χ0) is 31.6. The summed E-state index contributed by atoms with van der Waals surface area (Å²) in [6.07, 6.45) is 8.17. The van der Waals surface area contributed by atoms with E-state index in [9.17, 15) is 9.90 Å². The van der Waals surface area contributed by atoms with Crippen LogP contribution in [0.4, 0.5) is 5.69 Å². The highest BCUT2D eigenvalue weighted by molar-refractivity contribution is 6.76. The lowest BCUT2D eigenvalue weighted by atomic mass is 9.97. The second-order valence-electron chi connectivity index (χ2n) is 13.4. The molecule has 6 rings (SSSR count). The van der Waals surface area contributed by atoms with E-state index in [1.807, 2.05) is 41.1 Å². The smallest absolute Gasteiger partial charge is 0.339 e. The first-order valence-corrected chi connectivity index (χ1v) is 20.1. The predicted octanol–water partition coefficient (Wildman–Crippen LogP) is 8.08. The number of aromatic nitrogens is 2. The Labute approximate surface area is 271 Å². The fourth-order valence-electron chi connectivity index (χ4n) is 6.47. The van der Waals surface area contributed by atoms with Gasteiger partial charge in [-0.05, 0) is 66.8 Å². The fraction of sp³-hybridized carbons (Fsp3) is 0.429. The number of hydrogen-bond donors (Lipinski definition) is 1. The number of hydrogen-bond acceptors (Lipinski definition) is 6. The Morgan fingerprint density at radius 3 is 2.67 bits per heavy atom. The maximum atomic E-state index is 12.1. The van der Waals surface area contributed by atoms with E-state index in [0.717, 1.165) is 73.4 Å². The summed E-state index contributed by atoms with van der Waals surface area (Å²) in [6, 6.07) is 17.1. The van der Waals surface area contributed by atoms with E-state index in [1.165, 1.54) is 24.0 Å². The first-order valence-electron chi connectivity index (χ1n) is 16.0. The fourth-order valence-corrected chi connectivity index (χ4v) is 7.51. The van der Waals surface area contributed by atoms with Crippen LogP contribution in [-0.4, -0.2) is 66.4 Å². The number of rotatable bonds is 10. The van der Waals surface area contributed by atoms with Crippen LogP contribution in [0.3, 0.4) is 0 Å². The number of halogens is 1. The van der Waals surface area contributed by atoms with Crippen molar-refractivity contribution in [1.82, 2.24) is 14.5 Å². The van der Waals surface area contributed by atoms with E-state index in [0.29, 0.717) is 24.3 Å². The molecule has 238 valence electrons. The number of carboxylic acids is 1. The van der Waals surface area contributed by atoms with Crippen molar-refractivity contribution in [3.05, 3.63) is 82.6 Å². The monoisotopic (exact) mass is 646 g/mol. The molecular formula is C35H43ClN4O4Si. The Hall–Kier alpha value is -3.37. The quantitative estimate of drug-likeness (QED) is 0.106. The summed E-state index contributed by atoms with van der Waals surface area (Å²) in [4.78, 5) is 21.7. The van der Waals surface area contributed by atoms with Crippen LogP contribution in [0.2, 0.25) is 30.7 Å². The van der Waals surface area contributed by atoms with Crippen molar-refractivity contribution in [2.24, 2.45) is 0 Å². The number of fused-ring (bicyclic) bond motifs is 2. The third-order valence-corrected chi connectivity index (χ3v) is 11.1. The Balaban J connectivity index is 1.14. The molecule has 1 saturated heterocycles. The van der Waals surface area contributed by atoms with Gasteiger partial charge in [0.2, 0.25) is 0 Å². The Morgan fingerprint density at radius 2 is 1.89 bits per heavy atom. The maximum absolute atomic E-state index is 12.1. The molecule has 0 amide bonds. The van der Waals surface area contributed by atoms with Gasteiger partial charge in [0.1, 0.15) is 29.4 Å². The molecule has 2 aromatic heterocycles. The molecular weight excluding hydrogens is 604 g/mol. The number of aromatic carboxylic acids is 1. The van der Waals surface area contributed by atoms with Crippen LogP contribution >= 0.6 is 11.6 Å². The van der Waals surface area contributed by atoms with E-state index < -0.39 is 14.0 Å². The maximum Gasteiger partial charge on any atom is 0.339 e. The SMILES string of the molecule is C[Si](C)(C)CCOCn1ccc2cc(Oc3cc(N4CCN([C@@H]5CCCCc6c(Cl)cccc65)CC4)ccc3C(=O)O)cnc21. The molecule has 2 aliphatic rings. The van der Waals surface area contributed by atoms with Crippen LogP contribution in [0, 0.1) is 0 Å². The molecule has 1 atom stereocenters. The molecule has 2 aromatic carbocycles. The number of pyridine rings is 1. The molecule has 0 spiro atoms. The van der Waals surface area contributed by atoms with Gasteiger partial charge in [-0.15, -0.1) is 0 Å². The molecule has 0 bridgehead atoms. The highest BCUT2D eigenvalue weighted by Crippen LogP contribution is 2.38. The topological polar surface area (TPSA) is 80.1 Å². The van der Waals surface area contributed by atoms with Crippen LogP contribution in [0.5, 0.6) is 11.5 Å². The number of anilines is 1. The van der Waals surface area contributed by atoms with Crippen LogP contribution in [0.25, 0.3) is 11.0 Å². The van der Waals surface area contributed by atoms with E-state index in [4.69, 9.17) is 21.1 Å². The largest absolute Gasteiger partial charge is 0.478 e. The molecule has 0 unspecified atom stereocenters. The van der Waals surface area contributed by atoms with Crippen LogP contribution in [0.15, 0.2) is 60.9 Å². The second kappa shape index (κ2) is 13.5. The molecule has 0 saturated carbocycles. The van der Waals surface area contributed by atoms with Gasteiger partial charge in [0.25, 0.3) is 0 Å². The molecule has 1 aliphatic heterocycles. The number of piperazine rings is 1. The number of benzene rings is 2. The molecule has 8 nitrogen and oxygen atoms in total. The first-order chi connectivity index (χ1) is 21.7. The van der Waals surface area contributed by atoms with E-state index in [-0.39, 0.29) is 5.56 Å². The molecule has 3 heterocycles. The third kappa shape index (κ3) is 7.38. The van der Waals surface area contributed by atoms with Gasteiger partial charge in [0.15, 0.2) is 0 Å². The van der Waals surface area contributed by atoms with Crippen molar-refractivity contribution in [2.45, 2.75) is 64.1 Å². The van der Waals surface area contributed by atoms with Crippen LogP contribution in [0.1, 0.15) is 46.8 Å². The Morgan fingerprint density at radius 1 is 1.07 bits per heavy atom. The summed E-state index contributed by atoms with van der Waals surface area (Å²) in [7, 11) is -1.15. The van der Waals surface area contributed by atoms with Crippen molar-refractivity contribution >= 4 is 42.4 Å². The minimum atomic E-state index is -1.15. The van der Waals surface area contributed by atoms with E-state index in [1.54, 1.807) is 12.3 Å². The van der Waals surface area contributed by atoms with Gasteiger partial charge < -0.3 is 24.0 Å². The summed E-state index contributed by atoms with van der Waals surface area (Å²) in [6.45, 7) is 11.7. The molecule has 45 heavy (non-hydrogen) atoms. The summed E-state index contributed by atoms with van der Waals surface area (Å²) < 4.78 is 14.1. The summed E-state index contributed by atoms with van der Waals surface area (Å²) in [5, 5.41) is 11.7. The lowest BCUT2D eigenvalue weighted by Gasteiger charge is -2.40. The van der Waals surface area contributed by atoms with Crippen molar-refractivity contribution in [1.29, 1.82) is 0 Å². The van der Waals surface area contributed by atoms with Gasteiger partial charge >= 0.3 is 5.97 Å². The zero-order valence-corrected chi connectivity index (χ0v) is 28.2. The van der Waals surface area contributed by atoms with Crippen molar-refractivity contribution < 1.29 is 19.4 Å². The van der Waals surface area contributed by atoms with Gasteiger partial charge in [-0.1, -0.05) is 49.8 Å². The average Bonchev–Trinajstić information content (AvgIpc) is 3.28. The zero-order valence-electron chi connectivity index (χ0n) is 26.5. The highest BCUT2D eigenvalue weighted by atomic mass is 35.5. The standard InChI is InChI=1S/C35H43ClN4O4Si/c1-45(2,3)20-19-43-24-40-14-13-25-21-27(23-37-34(25)40)44-33-22-26(11-12-30(33)35(41)42)38-15-17-39(18-16-38)32-10-5-4-7-28-29(32)8-6-9-31(28)36/h6,8-9,11-14,21-23,32H,4-5,7,10,15-20,24H2,1-3H3,(H,41,42)/t32-/m1/s1. The van der Waals surface area contributed by atoms with Crippen molar-refractivity contribution in [2.75, 3.05) is 37.7 Å². The molecule has 4 aromatic rings. The summed E-state index contributed by atoms with van der Waals surface area (Å²) in [5.74, 6) is -0.220. The molecule has 0 radical (unpaired) electrons. The number of ether oxygens (including phenoxy) is 2. The van der Waals surface area contributed by atoms with Gasteiger partial charge in [-0.2, -0.15) is 0 Å². The van der Waals surface area contributed by atoms with Gasteiger partial charge in [-0.25, -0.2) is 9.78 Å². The van der Waals surface area contributed by atoms with Crippen molar-refractivity contribution in [3.63, 3.8) is 0 Å². The molecule has 1 N–H and O–H groups in total.